The lowest BCUT2D eigenvalue weighted by molar-refractivity contribution is -0.139. The zero-order chi connectivity index (χ0) is 13.7. The molecule has 1 atom stereocenters. The SMILES string of the molecule is O=CCNC(Cc1cc(F)c(F)c(F)c1)C(=O)O. The number of carboxylic acid groups (broad SMARTS) is 1. The Balaban J connectivity index is 2.87. The molecule has 2 N–H and O–H groups in total. The van der Waals surface area contributed by atoms with Crippen LogP contribution in [-0.2, 0) is 16.0 Å². The third-order valence-electron chi connectivity index (χ3n) is 2.23. The summed E-state index contributed by atoms with van der Waals surface area (Å²) in [6.07, 6.45) is 0.194. The third-order valence-corrected chi connectivity index (χ3v) is 2.23. The average molecular weight is 261 g/mol. The highest BCUT2D eigenvalue weighted by Crippen LogP contribution is 2.15. The smallest absolute Gasteiger partial charge is 0.321 e. The van der Waals surface area contributed by atoms with E-state index in [9.17, 15) is 22.8 Å². The van der Waals surface area contributed by atoms with Gasteiger partial charge in [0.25, 0.3) is 0 Å². The van der Waals surface area contributed by atoms with Crippen molar-refractivity contribution in [3.63, 3.8) is 0 Å². The van der Waals surface area contributed by atoms with Crippen LogP contribution in [0.5, 0.6) is 0 Å². The fourth-order valence-corrected chi connectivity index (χ4v) is 1.40. The van der Waals surface area contributed by atoms with Crippen LogP contribution in [0.25, 0.3) is 0 Å². The molecular formula is C11H10F3NO3. The summed E-state index contributed by atoms with van der Waals surface area (Å²) in [4.78, 5) is 20.9. The number of carbonyl (C=O) groups excluding carboxylic acids is 1. The lowest BCUT2D eigenvalue weighted by Crippen LogP contribution is -2.39. The van der Waals surface area contributed by atoms with E-state index in [1.807, 2.05) is 0 Å². The van der Waals surface area contributed by atoms with Crippen molar-refractivity contribution in [2.24, 2.45) is 0 Å². The molecule has 0 saturated carbocycles. The number of hydrogen-bond acceptors (Lipinski definition) is 3. The van der Waals surface area contributed by atoms with E-state index in [0.717, 1.165) is 12.1 Å². The highest BCUT2D eigenvalue weighted by molar-refractivity contribution is 5.74. The third kappa shape index (κ3) is 3.56. The van der Waals surface area contributed by atoms with Gasteiger partial charge < -0.3 is 9.90 Å². The zero-order valence-electron chi connectivity index (χ0n) is 9.12. The number of aldehydes is 1. The van der Waals surface area contributed by atoms with Gasteiger partial charge in [-0.3, -0.25) is 10.1 Å². The highest BCUT2D eigenvalue weighted by Gasteiger charge is 2.19. The summed E-state index contributed by atoms with van der Waals surface area (Å²) in [7, 11) is 0. The van der Waals surface area contributed by atoms with Crippen molar-refractivity contribution < 1.29 is 27.9 Å². The zero-order valence-corrected chi connectivity index (χ0v) is 9.12. The molecule has 1 unspecified atom stereocenters. The van der Waals surface area contributed by atoms with E-state index in [0.29, 0.717) is 6.29 Å². The maximum Gasteiger partial charge on any atom is 0.321 e. The van der Waals surface area contributed by atoms with Gasteiger partial charge in [-0.15, -0.1) is 0 Å². The number of carboxylic acids is 1. The van der Waals surface area contributed by atoms with Crippen molar-refractivity contribution in [3.05, 3.63) is 35.1 Å². The highest BCUT2D eigenvalue weighted by atomic mass is 19.2. The number of carbonyl (C=O) groups is 2. The molecule has 98 valence electrons. The van der Waals surface area contributed by atoms with Gasteiger partial charge in [0.05, 0.1) is 6.54 Å². The summed E-state index contributed by atoms with van der Waals surface area (Å²) in [6.45, 7) is -0.205. The molecule has 0 heterocycles. The molecule has 0 aliphatic heterocycles. The van der Waals surface area contributed by atoms with Crippen LogP contribution in [0, 0.1) is 17.5 Å². The summed E-state index contributed by atoms with van der Waals surface area (Å²) in [5, 5.41) is 11.2. The molecule has 0 spiro atoms. The van der Waals surface area contributed by atoms with Crippen LogP contribution < -0.4 is 5.32 Å². The van der Waals surface area contributed by atoms with E-state index in [4.69, 9.17) is 5.11 Å². The fraction of sp³-hybridized carbons (Fsp3) is 0.273. The van der Waals surface area contributed by atoms with Crippen molar-refractivity contribution in [1.82, 2.24) is 5.32 Å². The molecule has 1 aromatic carbocycles. The van der Waals surface area contributed by atoms with Gasteiger partial charge in [0.15, 0.2) is 17.5 Å². The Hall–Kier alpha value is -1.89. The Morgan fingerprint density at radius 1 is 1.33 bits per heavy atom. The number of halogens is 3. The van der Waals surface area contributed by atoms with E-state index in [-0.39, 0.29) is 18.5 Å². The fourth-order valence-electron chi connectivity index (χ4n) is 1.40. The normalized spacial score (nSPS) is 12.2. The first-order chi connectivity index (χ1) is 8.45. The molecule has 0 saturated heterocycles. The summed E-state index contributed by atoms with van der Waals surface area (Å²) >= 11 is 0. The van der Waals surface area contributed by atoms with Crippen LogP contribution in [0.3, 0.4) is 0 Å². The second-order valence-corrected chi connectivity index (χ2v) is 3.54. The molecule has 0 aliphatic carbocycles. The minimum atomic E-state index is -1.61. The number of rotatable bonds is 6. The van der Waals surface area contributed by atoms with Crippen molar-refractivity contribution in [1.29, 1.82) is 0 Å². The molecule has 0 fully saturated rings. The van der Waals surface area contributed by atoms with E-state index in [2.05, 4.69) is 5.32 Å². The van der Waals surface area contributed by atoms with Gasteiger partial charge in [-0.2, -0.15) is 0 Å². The molecule has 0 aromatic heterocycles. The summed E-state index contributed by atoms with van der Waals surface area (Å²) in [5.74, 6) is -5.65. The molecule has 0 bridgehead atoms. The second-order valence-electron chi connectivity index (χ2n) is 3.54. The quantitative estimate of drug-likeness (QED) is 0.589. The molecule has 1 aromatic rings. The maximum absolute atomic E-state index is 12.9. The average Bonchev–Trinajstić information content (AvgIpc) is 2.30. The summed E-state index contributed by atoms with van der Waals surface area (Å²) in [5.41, 5.74) is -0.0165. The molecular weight excluding hydrogens is 251 g/mol. The van der Waals surface area contributed by atoms with Gasteiger partial charge in [-0.1, -0.05) is 0 Å². The van der Waals surface area contributed by atoms with Crippen molar-refractivity contribution >= 4 is 12.3 Å². The minimum Gasteiger partial charge on any atom is -0.480 e. The van der Waals surface area contributed by atoms with Crippen LogP contribution in [0.15, 0.2) is 12.1 Å². The van der Waals surface area contributed by atoms with Crippen LogP contribution in [0.4, 0.5) is 13.2 Å². The molecule has 4 nitrogen and oxygen atoms in total. The van der Waals surface area contributed by atoms with Gasteiger partial charge in [-0.05, 0) is 24.1 Å². The van der Waals surface area contributed by atoms with Gasteiger partial charge in [0, 0.05) is 0 Å². The molecule has 0 radical (unpaired) electrons. The van der Waals surface area contributed by atoms with Crippen LogP contribution >= 0.6 is 0 Å². The Bertz CT molecular complexity index is 442. The summed E-state index contributed by atoms with van der Waals surface area (Å²) < 4.78 is 38.5. The second kappa shape index (κ2) is 6.15. The van der Waals surface area contributed by atoms with E-state index < -0.39 is 29.5 Å². The van der Waals surface area contributed by atoms with Crippen molar-refractivity contribution in [3.8, 4) is 0 Å². The topological polar surface area (TPSA) is 66.4 Å². The summed E-state index contributed by atoms with van der Waals surface area (Å²) in [6, 6.07) is 0.257. The van der Waals surface area contributed by atoms with Gasteiger partial charge in [0.1, 0.15) is 12.3 Å². The Kier molecular flexibility index (Phi) is 4.85. The first-order valence-corrected chi connectivity index (χ1v) is 4.99. The molecule has 18 heavy (non-hydrogen) atoms. The Morgan fingerprint density at radius 2 is 1.89 bits per heavy atom. The number of hydrogen-bond donors (Lipinski definition) is 2. The van der Waals surface area contributed by atoms with Gasteiger partial charge >= 0.3 is 5.97 Å². The number of aliphatic carboxylic acids is 1. The van der Waals surface area contributed by atoms with Crippen LogP contribution in [0.2, 0.25) is 0 Å². The molecule has 0 amide bonds. The van der Waals surface area contributed by atoms with Gasteiger partial charge in [0.2, 0.25) is 0 Å². The molecule has 7 heteroatoms. The Morgan fingerprint density at radius 3 is 2.33 bits per heavy atom. The maximum atomic E-state index is 12.9. The van der Waals surface area contributed by atoms with Crippen molar-refractivity contribution in [2.45, 2.75) is 12.5 Å². The monoisotopic (exact) mass is 261 g/mol. The lowest BCUT2D eigenvalue weighted by Gasteiger charge is -2.12. The predicted molar refractivity (Wildman–Crippen MR) is 55.5 cm³/mol. The van der Waals surface area contributed by atoms with E-state index in [1.165, 1.54) is 0 Å². The minimum absolute atomic E-state index is 0.0165. The molecule has 0 aliphatic rings. The van der Waals surface area contributed by atoms with Crippen molar-refractivity contribution in [2.75, 3.05) is 6.54 Å². The first-order valence-electron chi connectivity index (χ1n) is 4.99. The van der Waals surface area contributed by atoms with Crippen LogP contribution in [-0.4, -0.2) is 29.9 Å². The number of nitrogens with one attached hydrogen (secondary N) is 1. The Labute approximate surface area is 100 Å². The number of benzene rings is 1. The molecule has 1 rings (SSSR count). The van der Waals surface area contributed by atoms with E-state index >= 15 is 0 Å². The lowest BCUT2D eigenvalue weighted by atomic mass is 10.1. The first kappa shape index (κ1) is 14.2. The largest absolute Gasteiger partial charge is 0.480 e. The predicted octanol–water partition coefficient (Wildman–Crippen LogP) is 0.888. The van der Waals surface area contributed by atoms with Crippen LogP contribution in [0.1, 0.15) is 5.56 Å². The standard InChI is InChI=1S/C11H10F3NO3/c12-7-3-6(4-8(13)10(7)14)5-9(11(17)18)15-1-2-16/h2-4,9,15H,1,5H2,(H,17,18). The van der Waals surface area contributed by atoms with Gasteiger partial charge in [-0.25, -0.2) is 13.2 Å². The van der Waals surface area contributed by atoms with E-state index in [1.54, 1.807) is 0 Å².